The van der Waals surface area contributed by atoms with E-state index in [9.17, 15) is 4.79 Å². The lowest BCUT2D eigenvalue weighted by Gasteiger charge is -2.08. The van der Waals surface area contributed by atoms with Gasteiger partial charge in [-0.3, -0.25) is 4.79 Å². The van der Waals surface area contributed by atoms with Crippen molar-refractivity contribution in [2.75, 3.05) is 25.7 Å². The van der Waals surface area contributed by atoms with Crippen LogP contribution in [0.5, 0.6) is 5.75 Å². The van der Waals surface area contributed by atoms with Gasteiger partial charge in [0.25, 0.3) is 0 Å². The summed E-state index contributed by atoms with van der Waals surface area (Å²) in [6, 6.07) is 5.56. The van der Waals surface area contributed by atoms with Gasteiger partial charge in [0.05, 0.1) is 14.2 Å². The number of thioether (sulfide) groups is 1. The van der Waals surface area contributed by atoms with Gasteiger partial charge in [-0.15, -0.1) is 11.8 Å². The SMILES string of the molecule is COC(=O)CCCSc1ccc(N)cc1OC. The molecule has 0 atom stereocenters. The van der Waals surface area contributed by atoms with Crippen molar-refractivity contribution in [2.45, 2.75) is 17.7 Å². The molecule has 0 aliphatic carbocycles. The maximum atomic E-state index is 10.9. The number of methoxy groups -OCH3 is 2. The van der Waals surface area contributed by atoms with E-state index in [2.05, 4.69) is 4.74 Å². The fraction of sp³-hybridized carbons (Fsp3) is 0.417. The number of ether oxygens (including phenoxy) is 2. The molecule has 17 heavy (non-hydrogen) atoms. The van der Waals surface area contributed by atoms with Crippen LogP contribution in [0.15, 0.2) is 23.1 Å². The molecule has 0 aromatic heterocycles. The first-order valence-electron chi connectivity index (χ1n) is 5.30. The Labute approximate surface area is 105 Å². The Morgan fingerprint density at radius 1 is 1.41 bits per heavy atom. The van der Waals surface area contributed by atoms with E-state index in [0.29, 0.717) is 12.1 Å². The fourth-order valence-electron chi connectivity index (χ4n) is 1.30. The topological polar surface area (TPSA) is 61.5 Å². The molecule has 0 aliphatic heterocycles. The molecule has 4 nitrogen and oxygen atoms in total. The molecule has 1 rings (SSSR count). The molecule has 2 N–H and O–H groups in total. The van der Waals surface area contributed by atoms with Gasteiger partial charge in [-0.1, -0.05) is 0 Å². The highest BCUT2D eigenvalue weighted by Crippen LogP contribution is 2.31. The summed E-state index contributed by atoms with van der Waals surface area (Å²) < 4.78 is 9.81. The number of rotatable bonds is 6. The quantitative estimate of drug-likeness (QED) is 0.366. The Kier molecular flexibility index (Phi) is 5.69. The lowest BCUT2D eigenvalue weighted by atomic mass is 10.3. The van der Waals surface area contributed by atoms with Gasteiger partial charge < -0.3 is 15.2 Å². The standard InChI is InChI=1S/C12H17NO3S/c1-15-10-8-9(13)5-6-11(10)17-7-3-4-12(14)16-2/h5-6,8H,3-4,7,13H2,1-2H3. The van der Waals surface area contributed by atoms with Gasteiger partial charge in [0.15, 0.2) is 0 Å². The second kappa shape index (κ2) is 7.06. The molecule has 5 heteroatoms. The van der Waals surface area contributed by atoms with E-state index >= 15 is 0 Å². The van der Waals surface area contributed by atoms with Crippen LogP contribution in [0, 0.1) is 0 Å². The summed E-state index contributed by atoms with van der Waals surface area (Å²) in [6.07, 6.45) is 1.23. The van der Waals surface area contributed by atoms with Crippen molar-refractivity contribution < 1.29 is 14.3 Å². The summed E-state index contributed by atoms with van der Waals surface area (Å²) in [5, 5.41) is 0. The third-order valence-corrected chi connectivity index (χ3v) is 3.34. The lowest BCUT2D eigenvalue weighted by Crippen LogP contribution is -2.00. The van der Waals surface area contributed by atoms with Crippen LogP contribution in [0.3, 0.4) is 0 Å². The van der Waals surface area contributed by atoms with Crippen molar-refractivity contribution in [2.24, 2.45) is 0 Å². The van der Waals surface area contributed by atoms with Crippen molar-refractivity contribution in [1.29, 1.82) is 0 Å². The van der Waals surface area contributed by atoms with Gasteiger partial charge in [-0.25, -0.2) is 0 Å². The number of carbonyl (C=O) groups is 1. The van der Waals surface area contributed by atoms with Crippen molar-refractivity contribution in [3.63, 3.8) is 0 Å². The highest BCUT2D eigenvalue weighted by Gasteiger charge is 2.05. The summed E-state index contributed by atoms with van der Waals surface area (Å²) in [5.74, 6) is 1.44. The molecule has 0 saturated carbocycles. The maximum absolute atomic E-state index is 10.9. The van der Waals surface area contributed by atoms with E-state index in [0.717, 1.165) is 22.8 Å². The van der Waals surface area contributed by atoms with Gasteiger partial charge in [0.1, 0.15) is 5.75 Å². The van der Waals surface area contributed by atoms with Crippen molar-refractivity contribution >= 4 is 23.4 Å². The largest absolute Gasteiger partial charge is 0.496 e. The Balaban J connectivity index is 2.43. The maximum Gasteiger partial charge on any atom is 0.305 e. The average molecular weight is 255 g/mol. The first-order valence-corrected chi connectivity index (χ1v) is 6.29. The fourth-order valence-corrected chi connectivity index (χ4v) is 2.26. The summed E-state index contributed by atoms with van der Waals surface area (Å²) in [7, 11) is 3.02. The number of nitrogen functional groups attached to an aromatic ring is 1. The molecule has 1 aromatic rings. The minimum absolute atomic E-state index is 0.171. The van der Waals surface area contributed by atoms with Crippen LogP contribution >= 0.6 is 11.8 Å². The van der Waals surface area contributed by atoms with E-state index in [1.807, 2.05) is 12.1 Å². The third kappa shape index (κ3) is 4.56. The number of hydrogen-bond donors (Lipinski definition) is 1. The minimum atomic E-state index is -0.171. The Hall–Kier alpha value is -1.36. The zero-order valence-electron chi connectivity index (χ0n) is 10.1. The van der Waals surface area contributed by atoms with Gasteiger partial charge in [-0.05, 0) is 24.3 Å². The summed E-state index contributed by atoms with van der Waals surface area (Å²) in [4.78, 5) is 12.0. The van der Waals surface area contributed by atoms with E-state index < -0.39 is 0 Å². The van der Waals surface area contributed by atoms with Crippen LogP contribution in [0.25, 0.3) is 0 Å². The Morgan fingerprint density at radius 2 is 2.18 bits per heavy atom. The number of hydrogen-bond acceptors (Lipinski definition) is 5. The van der Waals surface area contributed by atoms with Crippen molar-refractivity contribution in [3.05, 3.63) is 18.2 Å². The molecule has 0 amide bonds. The highest BCUT2D eigenvalue weighted by atomic mass is 32.2. The van der Waals surface area contributed by atoms with Crippen LogP contribution in [0.1, 0.15) is 12.8 Å². The minimum Gasteiger partial charge on any atom is -0.496 e. The highest BCUT2D eigenvalue weighted by molar-refractivity contribution is 7.99. The van der Waals surface area contributed by atoms with Crippen LogP contribution in [-0.2, 0) is 9.53 Å². The predicted octanol–water partition coefficient (Wildman–Crippen LogP) is 2.32. The van der Waals surface area contributed by atoms with E-state index in [1.165, 1.54) is 7.11 Å². The third-order valence-electron chi connectivity index (χ3n) is 2.20. The van der Waals surface area contributed by atoms with Gasteiger partial charge in [0, 0.05) is 23.1 Å². The lowest BCUT2D eigenvalue weighted by molar-refractivity contribution is -0.140. The zero-order chi connectivity index (χ0) is 12.7. The smallest absolute Gasteiger partial charge is 0.305 e. The summed E-state index contributed by atoms with van der Waals surface area (Å²) in [6.45, 7) is 0. The van der Waals surface area contributed by atoms with Crippen molar-refractivity contribution in [3.8, 4) is 5.75 Å². The number of anilines is 1. The van der Waals surface area contributed by atoms with Gasteiger partial charge in [0.2, 0.25) is 0 Å². The van der Waals surface area contributed by atoms with E-state index in [4.69, 9.17) is 10.5 Å². The zero-order valence-corrected chi connectivity index (χ0v) is 10.9. The average Bonchev–Trinajstić information content (AvgIpc) is 2.35. The summed E-state index contributed by atoms with van der Waals surface area (Å²) in [5.41, 5.74) is 6.35. The first-order chi connectivity index (χ1) is 8.17. The normalized spacial score (nSPS) is 10.0. The molecular formula is C12H17NO3S. The molecule has 0 saturated heterocycles. The van der Waals surface area contributed by atoms with Crippen LogP contribution in [0.2, 0.25) is 0 Å². The van der Waals surface area contributed by atoms with E-state index in [1.54, 1.807) is 24.9 Å². The number of nitrogens with two attached hydrogens (primary N) is 1. The van der Waals surface area contributed by atoms with Gasteiger partial charge in [-0.2, -0.15) is 0 Å². The molecule has 0 spiro atoms. The van der Waals surface area contributed by atoms with Crippen LogP contribution in [0.4, 0.5) is 5.69 Å². The number of esters is 1. The second-order valence-corrected chi connectivity index (χ2v) is 4.58. The summed E-state index contributed by atoms with van der Waals surface area (Å²) >= 11 is 1.64. The molecule has 0 fully saturated rings. The molecular weight excluding hydrogens is 238 g/mol. The van der Waals surface area contributed by atoms with Gasteiger partial charge >= 0.3 is 5.97 Å². The molecule has 0 unspecified atom stereocenters. The predicted molar refractivity (Wildman–Crippen MR) is 69.4 cm³/mol. The molecule has 94 valence electrons. The monoisotopic (exact) mass is 255 g/mol. The molecule has 0 heterocycles. The van der Waals surface area contributed by atoms with Crippen LogP contribution in [-0.4, -0.2) is 25.9 Å². The molecule has 0 radical (unpaired) electrons. The van der Waals surface area contributed by atoms with Crippen LogP contribution < -0.4 is 10.5 Å². The number of carbonyl (C=O) groups excluding carboxylic acids is 1. The van der Waals surface area contributed by atoms with Crippen molar-refractivity contribution in [1.82, 2.24) is 0 Å². The molecule has 0 bridgehead atoms. The second-order valence-electron chi connectivity index (χ2n) is 3.44. The van der Waals surface area contributed by atoms with E-state index in [-0.39, 0.29) is 5.97 Å². The molecule has 1 aromatic carbocycles. The first kappa shape index (κ1) is 13.7. The Bertz CT molecular complexity index is 382. The Morgan fingerprint density at radius 3 is 2.82 bits per heavy atom. The number of benzene rings is 1. The molecule has 0 aliphatic rings.